The summed E-state index contributed by atoms with van der Waals surface area (Å²) in [5, 5.41) is 9.38. The largest absolute Gasteiger partial charge is 0.305 e. The molecule has 0 fully saturated rings. The number of pyridine rings is 1. The van der Waals surface area contributed by atoms with Gasteiger partial charge in [0, 0.05) is 25.0 Å². The summed E-state index contributed by atoms with van der Waals surface area (Å²) >= 11 is 3.20. The Balaban J connectivity index is 1.68. The van der Waals surface area contributed by atoms with Gasteiger partial charge in [-0.15, -0.1) is 21.5 Å². The van der Waals surface area contributed by atoms with Crippen LogP contribution in [0.4, 0.5) is 0 Å². The van der Waals surface area contributed by atoms with Crippen molar-refractivity contribution in [2.45, 2.75) is 9.50 Å². The summed E-state index contributed by atoms with van der Waals surface area (Å²) in [5.74, 6) is 0.825. The van der Waals surface area contributed by atoms with E-state index in [0.29, 0.717) is 0 Å². The lowest BCUT2D eigenvalue weighted by Crippen LogP contribution is -1.94. The number of fused-ring (bicyclic) bond motifs is 1. The van der Waals surface area contributed by atoms with Crippen LogP contribution in [0.1, 0.15) is 0 Å². The Morgan fingerprint density at radius 1 is 1.05 bits per heavy atom. The van der Waals surface area contributed by atoms with Crippen molar-refractivity contribution in [2.75, 3.05) is 0 Å². The molecule has 4 aromatic rings. The highest BCUT2D eigenvalue weighted by atomic mass is 32.2. The van der Waals surface area contributed by atoms with Crippen LogP contribution in [0.2, 0.25) is 0 Å². The van der Waals surface area contributed by atoms with Gasteiger partial charge in [-0.25, -0.2) is 4.98 Å². The van der Waals surface area contributed by atoms with Gasteiger partial charge in [-0.05, 0) is 36.0 Å². The van der Waals surface area contributed by atoms with Crippen LogP contribution in [-0.2, 0) is 7.05 Å². The summed E-state index contributed by atoms with van der Waals surface area (Å²) in [5.41, 5.74) is 2.02. The van der Waals surface area contributed by atoms with E-state index in [1.807, 2.05) is 41.9 Å². The van der Waals surface area contributed by atoms with Gasteiger partial charge in [-0.1, -0.05) is 12.1 Å². The minimum absolute atomic E-state index is 0.825. The van der Waals surface area contributed by atoms with Gasteiger partial charge in [0.25, 0.3) is 0 Å². The Bertz CT molecular complexity index is 896. The van der Waals surface area contributed by atoms with E-state index in [-0.39, 0.29) is 0 Å². The minimum atomic E-state index is 0.825. The fraction of sp³-hybridized carbons (Fsp3) is 0.0667. The maximum Gasteiger partial charge on any atom is 0.198 e. The van der Waals surface area contributed by atoms with Crippen molar-refractivity contribution in [3.05, 3.63) is 48.8 Å². The first-order chi connectivity index (χ1) is 10.8. The third kappa shape index (κ3) is 2.38. The average molecular weight is 325 g/mol. The van der Waals surface area contributed by atoms with E-state index in [1.165, 1.54) is 16.5 Å². The van der Waals surface area contributed by atoms with Crippen LogP contribution in [0.5, 0.6) is 0 Å². The quantitative estimate of drug-likeness (QED) is 0.575. The van der Waals surface area contributed by atoms with Crippen LogP contribution in [-0.4, -0.2) is 24.7 Å². The highest BCUT2D eigenvalue weighted by Gasteiger charge is 2.14. The second-order valence-electron chi connectivity index (χ2n) is 4.65. The minimum Gasteiger partial charge on any atom is -0.305 e. The fourth-order valence-electron chi connectivity index (χ4n) is 2.13. The molecule has 0 spiro atoms. The predicted molar refractivity (Wildman–Crippen MR) is 88.0 cm³/mol. The van der Waals surface area contributed by atoms with Crippen molar-refractivity contribution in [3.8, 4) is 11.4 Å². The monoisotopic (exact) mass is 325 g/mol. The second-order valence-corrected chi connectivity index (χ2v) is 6.90. The first-order valence-electron chi connectivity index (χ1n) is 6.64. The summed E-state index contributed by atoms with van der Waals surface area (Å²) < 4.78 is 4.13. The number of nitrogens with zero attached hydrogens (tertiary/aromatic N) is 5. The molecule has 0 radical (unpaired) electrons. The first kappa shape index (κ1) is 13.4. The zero-order valence-electron chi connectivity index (χ0n) is 11.7. The van der Waals surface area contributed by atoms with Gasteiger partial charge in [-0.2, -0.15) is 0 Å². The Hall–Kier alpha value is -2.25. The SMILES string of the molecule is Cn1c(Sc2nc3ccccc3s2)nnc1-c1ccncc1. The number of hydrogen-bond donors (Lipinski definition) is 0. The Morgan fingerprint density at radius 2 is 1.86 bits per heavy atom. The maximum atomic E-state index is 4.62. The molecule has 0 saturated heterocycles. The Kier molecular flexibility index (Phi) is 3.36. The molecule has 0 aliphatic rings. The molecule has 5 nitrogen and oxygen atoms in total. The van der Waals surface area contributed by atoms with Crippen molar-refractivity contribution < 1.29 is 0 Å². The smallest absolute Gasteiger partial charge is 0.198 e. The molecule has 0 aliphatic carbocycles. The molecular formula is C15H11N5S2. The molecule has 0 atom stereocenters. The van der Waals surface area contributed by atoms with Crippen LogP contribution in [0, 0.1) is 0 Å². The summed E-state index contributed by atoms with van der Waals surface area (Å²) in [7, 11) is 1.96. The third-order valence-electron chi connectivity index (χ3n) is 3.23. The molecule has 4 rings (SSSR count). The standard InChI is InChI=1S/C15H11N5S2/c1-20-13(10-6-8-16-9-7-10)18-19-14(20)22-15-17-11-4-2-3-5-12(11)21-15/h2-9H,1H3. The van der Waals surface area contributed by atoms with Crippen molar-refractivity contribution >= 4 is 33.3 Å². The number of aromatic nitrogens is 5. The molecule has 0 bridgehead atoms. The molecule has 3 heterocycles. The topological polar surface area (TPSA) is 56.5 Å². The van der Waals surface area contributed by atoms with E-state index < -0.39 is 0 Å². The number of para-hydroxylation sites is 1. The normalized spacial score (nSPS) is 11.1. The number of thiazole rings is 1. The molecule has 108 valence electrons. The maximum absolute atomic E-state index is 4.62. The van der Waals surface area contributed by atoms with Gasteiger partial charge < -0.3 is 4.57 Å². The average Bonchev–Trinajstić information content (AvgIpc) is 3.12. The van der Waals surface area contributed by atoms with Crippen LogP contribution in [0.3, 0.4) is 0 Å². The summed E-state index contributed by atoms with van der Waals surface area (Å²) in [6, 6.07) is 12.0. The van der Waals surface area contributed by atoms with Crippen LogP contribution in [0.25, 0.3) is 21.6 Å². The summed E-state index contributed by atoms with van der Waals surface area (Å²) in [6.07, 6.45) is 3.51. The lowest BCUT2D eigenvalue weighted by Gasteiger charge is -2.01. The second kappa shape index (κ2) is 5.51. The molecule has 1 aromatic carbocycles. The lowest BCUT2D eigenvalue weighted by atomic mass is 10.2. The molecule has 0 N–H and O–H groups in total. The van der Waals surface area contributed by atoms with Crippen LogP contribution in [0.15, 0.2) is 58.3 Å². The van der Waals surface area contributed by atoms with Crippen molar-refractivity contribution in [1.82, 2.24) is 24.7 Å². The van der Waals surface area contributed by atoms with Gasteiger partial charge in [0.2, 0.25) is 0 Å². The van der Waals surface area contributed by atoms with Gasteiger partial charge in [0.05, 0.1) is 10.2 Å². The summed E-state index contributed by atoms with van der Waals surface area (Å²) in [4.78, 5) is 8.65. The van der Waals surface area contributed by atoms with E-state index in [2.05, 4.69) is 26.2 Å². The predicted octanol–water partition coefficient (Wildman–Crippen LogP) is 3.64. The van der Waals surface area contributed by atoms with E-state index in [9.17, 15) is 0 Å². The third-order valence-corrected chi connectivity index (χ3v) is 5.36. The number of hydrogen-bond acceptors (Lipinski definition) is 6. The van der Waals surface area contributed by atoms with E-state index in [4.69, 9.17) is 0 Å². The van der Waals surface area contributed by atoms with Gasteiger partial charge in [0.1, 0.15) is 0 Å². The molecule has 0 unspecified atom stereocenters. The number of rotatable bonds is 3. The van der Waals surface area contributed by atoms with Gasteiger partial charge >= 0.3 is 0 Å². The molecule has 0 saturated carbocycles. The first-order valence-corrected chi connectivity index (χ1v) is 8.28. The molecule has 22 heavy (non-hydrogen) atoms. The van der Waals surface area contributed by atoms with Gasteiger partial charge in [-0.3, -0.25) is 4.98 Å². The number of benzene rings is 1. The van der Waals surface area contributed by atoms with Crippen LogP contribution >= 0.6 is 23.1 Å². The lowest BCUT2D eigenvalue weighted by molar-refractivity contribution is 0.793. The Morgan fingerprint density at radius 3 is 2.68 bits per heavy atom. The van der Waals surface area contributed by atoms with E-state index >= 15 is 0 Å². The molecule has 0 amide bonds. The zero-order chi connectivity index (χ0) is 14.9. The molecule has 0 aliphatic heterocycles. The van der Waals surface area contributed by atoms with Gasteiger partial charge in [0.15, 0.2) is 15.3 Å². The Labute approximate surface area is 135 Å². The highest BCUT2D eigenvalue weighted by Crippen LogP contribution is 2.34. The van der Waals surface area contributed by atoms with Crippen molar-refractivity contribution in [1.29, 1.82) is 0 Å². The van der Waals surface area contributed by atoms with E-state index in [1.54, 1.807) is 23.7 Å². The molecule has 3 aromatic heterocycles. The summed E-state index contributed by atoms with van der Waals surface area (Å²) in [6.45, 7) is 0. The fourth-order valence-corrected chi connectivity index (χ4v) is 4.09. The zero-order valence-corrected chi connectivity index (χ0v) is 13.3. The highest BCUT2D eigenvalue weighted by molar-refractivity contribution is 8.01. The van der Waals surface area contributed by atoms with Crippen LogP contribution < -0.4 is 0 Å². The van der Waals surface area contributed by atoms with E-state index in [0.717, 1.165) is 26.4 Å². The molecule has 7 heteroatoms. The molecular weight excluding hydrogens is 314 g/mol. The van der Waals surface area contributed by atoms with Crippen molar-refractivity contribution in [3.63, 3.8) is 0 Å². The van der Waals surface area contributed by atoms with Crippen molar-refractivity contribution in [2.24, 2.45) is 7.05 Å².